The van der Waals surface area contributed by atoms with E-state index in [-0.39, 0.29) is 16.7 Å². The van der Waals surface area contributed by atoms with Crippen molar-refractivity contribution < 1.29 is 5.21 Å². The van der Waals surface area contributed by atoms with Gasteiger partial charge >= 0.3 is 0 Å². The monoisotopic (exact) mass is 186 g/mol. The van der Waals surface area contributed by atoms with Gasteiger partial charge < -0.3 is 16.7 Å². The zero-order valence-electron chi connectivity index (χ0n) is 6.03. The van der Waals surface area contributed by atoms with E-state index in [2.05, 4.69) is 10.1 Å². The van der Waals surface area contributed by atoms with Gasteiger partial charge in [-0.1, -0.05) is 16.8 Å². The van der Waals surface area contributed by atoms with Crippen LogP contribution in [0.1, 0.15) is 5.56 Å². The van der Waals surface area contributed by atoms with Crippen LogP contribution in [0.15, 0.2) is 17.4 Å². The highest BCUT2D eigenvalue weighted by atomic mass is 35.5. The molecule has 1 rings (SSSR count). The molecule has 1 aromatic rings. The molecule has 1 heterocycles. The average molecular weight is 187 g/mol. The summed E-state index contributed by atoms with van der Waals surface area (Å²) in [5.74, 6) is 0.163. The molecule has 0 aromatic carbocycles. The first-order valence-corrected chi connectivity index (χ1v) is 3.42. The lowest BCUT2D eigenvalue weighted by Crippen LogP contribution is -2.13. The van der Waals surface area contributed by atoms with Gasteiger partial charge in [0, 0.05) is 11.8 Å². The minimum absolute atomic E-state index is 0.0515. The van der Waals surface area contributed by atoms with E-state index < -0.39 is 0 Å². The van der Waals surface area contributed by atoms with Crippen molar-refractivity contribution >= 4 is 23.3 Å². The number of nitrogens with zero attached hydrogens (tertiary/aromatic N) is 2. The molecule has 0 fully saturated rings. The van der Waals surface area contributed by atoms with Gasteiger partial charge in [-0.2, -0.15) is 0 Å². The maximum Gasteiger partial charge on any atom is 0.171 e. The predicted molar refractivity (Wildman–Crippen MR) is 46.2 cm³/mol. The van der Waals surface area contributed by atoms with Crippen molar-refractivity contribution in [2.24, 2.45) is 10.9 Å². The van der Waals surface area contributed by atoms with Crippen molar-refractivity contribution in [3.63, 3.8) is 0 Å². The summed E-state index contributed by atoms with van der Waals surface area (Å²) in [6.45, 7) is 0. The van der Waals surface area contributed by atoms with Crippen molar-refractivity contribution in [2.75, 3.05) is 5.73 Å². The molecule has 0 unspecified atom stereocenters. The predicted octanol–water partition coefficient (Wildman–Crippen LogP) is 0.412. The Morgan fingerprint density at radius 3 is 2.83 bits per heavy atom. The number of nitrogen functional groups attached to an aromatic ring is 1. The maximum atomic E-state index is 8.31. The van der Waals surface area contributed by atoms with E-state index in [0.29, 0.717) is 5.56 Å². The van der Waals surface area contributed by atoms with Crippen molar-refractivity contribution in [2.45, 2.75) is 0 Å². The summed E-state index contributed by atoms with van der Waals surface area (Å²) in [6, 6.07) is 1.47. The van der Waals surface area contributed by atoms with Crippen molar-refractivity contribution in [1.82, 2.24) is 4.98 Å². The largest absolute Gasteiger partial charge is 0.409 e. The molecule has 5 N–H and O–H groups in total. The minimum atomic E-state index is -0.0515. The molecule has 0 spiro atoms. The zero-order valence-corrected chi connectivity index (χ0v) is 6.78. The van der Waals surface area contributed by atoms with E-state index in [1.54, 1.807) is 0 Å². The second-order valence-corrected chi connectivity index (χ2v) is 2.48. The number of rotatable bonds is 1. The summed E-state index contributed by atoms with van der Waals surface area (Å²) in [5.41, 5.74) is 11.0. The lowest BCUT2D eigenvalue weighted by molar-refractivity contribution is 0.318. The smallest absolute Gasteiger partial charge is 0.171 e. The fourth-order valence-electron chi connectivity index (χ4n) is 0.646. The first-order chi connectivity index (χ1) is 5.65. The van der Waals surface area contributed by atoms with Gasteiger partial charge in [0.1, 0.15) is 5.82 Å². The van der Waals surface area contributed by atoms with E-state index in [1.165, 1.54) is 12.3 Å². The number of oxime groups is 1. The highest BCUT2D eigenvalue weighted by molar-refractivity contribution is 6.33. The summed E-state index contributed by atoms with van der Waals surface area (Å²) in [5, 5.41) is 11.4. The number of aromatic nitrogens is 1. The van der Waals surface area contributed by atoms with Gasteiger partial charge in [0.25, 0.3) is 0 Å². The molecule has 0 aliphatic heterocycles. The molecule has 0 saturated heterocycles. The first kappa shape index (κ1) is 8.61. The van der Waals surface area contributed by atoms with Gasteiger partial charge in [0.15, 0.2) is 5.84 Å². The number of nitrogens with two attached hydrogens (primary N) is 2. The summed E-state index contributed by atoms with van der Waals surface area (Å²) in [4.78, 5) is 3.72. The van der Waals surface area contributed by atoms with Crippen LogP contribution in [-0.4, -0.2) is 16.0 Å². The number of hydrogen-bond donors (Lipinski definition) is 3. The molecular formula is C6H7ClN4O. The second-order valence-electron chi connectivity index (χ2n) is 2.08. The fraction of sp³-hybridized carbons (Fsp3) is 0. The topological polar surface area (TPSA) is 97.5 Å². The van der Waals surface area contributed by atoms with Crippen LogP contribution in [0.3, 0.4) is 0 Å². The van der Waals surface area contributed by atoms with E-state index in [4.69, 9.17) is 28.3 Å². The molecule has 0 radical (unpaired) electrons. The lowest BCUT2D eigenvalue weighted by atomic mass is 10.2. The third-order valence-electron chi connectivity index (χ3n) is 1.27. The van der Waals surface area contributed by atoms with Crippen LogP contribution in [-0.2, 0) is 0 Å². The molecule has 0 saturated carbocycles. The Morgan fingerprint density at radius 2 is 2.33 bits per heavy atom. The Kier molecular flexibility index (Phi) is 2.35. The molecule has 0 aliphatic carbocycles. The number of halogens is 1. The zero-order chi connectivity index (χ0) is 9.14. The van der Waals surface area contributed by atoms with Gasteiger partial charge in [0.05, 0.1) is 5.02 Å². The van der Waals surface area contributed by atoms with Crippen LogP contribution in [0.5, 0.6) is 0 Å². The molecule has 0 atom stereocenters. The summed E-state index contributed by atoms with van der Waals surface area (Å²) in [7, 11) is 0. The van der Waals surface area contributed by atoms with E-state index >= 15 is 0 Å². The summed E-state index contributed by atoms with van der Waals surface area (Å²) >= 11 is 5.64. The van der Waals surface area contributed by atoms with Crippen LogP contribution in [0.4, 0.5) is 5.82 Å². The Hall–Kier alpha value is -1.49. The number of hydrogen-bond acceptors (Lipinski definition) is 4. The summed E-state index contributed by atoms with van der Waals surface area (Å²) < 4.78 is 0. The maximum absolute atomic E-state index is 8.31. The van der Waals surface area contributed by atoms with Gasteiger partial charge in [0.2, 0.25) is 0 Å². The van der Waals surface area contributed by atoms with Crippen LogP contribution >= 0.6 is 11.6 Å². The molecule has 0 aliphatic rings. The standard InChI is InChI=1S/C6H7ClN4O/c7-4-1-3(5(8)11-12)2-10-6(4)9/h1-2,12H,(H2,8,11)(H2,9,10). The molecule has 6 heteroatoms. The van der Waals surface area contributed by atoms with Crippen LogP contribution < -0.4 is 11.5 Å². The molecule has 64 valence electrons. The van der Waals surface area contributed by atoms with E-state index in [9.17, 15) is 0 Å². The minimum Gasteiger partial charge on any atom is -0.409 e. The highest BCUT2D eigenvalue weighted by Gasteiger charge is 2.02. The van der Waals surface area contributed by atoms with Gasteiger partial charge in [-0.05, 0) is 6.07 Å². The fourth-order valence-corrected chi connectivity index (χ4v) is 0.813. The van der Waals surface area contributed by atoms with Crippen LogP contribution in [0.2, 0.25) is 5.02 Å². The van der Waals surface area contributed by atoms with E-state index in [1.807, 2.05) is 0 Å². The average Bonchev–Trinajstić information content (AvgIpc) is 2.08. The van der Waals surface area contributed by atoms with Crippen molar-refractivity contribution in [1.29, 1.82) is 0 Å². The van der Waals surface area contributed by atoms with Crippen LogP contribution in [0, 0.1) is 0 Å². The first-order valence-electron chi connectivity index (χ1n) is 3.04. The molecular weight excluding hydrogens is 180 g/mol. The second kappa shape index (κ2) is 3.27. The number of pyridine rings is 1. The third-order valence-corrected chi connectivity index (χ3v) is 1.58. The third kappa shape index (κ3) is 1.57. The highest BCUT2D eigenvalue weighted by Crippen LogP contribution is 2.16. The molecule has 5 nitrogen and oxygen atoms in total. The van der Waals surface area contributed by atoms with Gasteiger partial charge in [-0.3, -0.25) is 0 Å². The molecule has 0 amide bonds. The Balaban J connectivity index is 3.13. The summed E-state index contributed by atoms with van der Waals surface area (Å²) in [6.07, 6.45) is 1.37. The van der Waals surface area contributed by atoms with Crippen molar-refractivity contribution in [3.8, 4) is 0 Å². The quantitative estimate of drug-likeness (QED) is 0.256. The Labute approximate surface area is 73.6 Å². The lowest BCUT2D eigenvalue weighted by Gasteiger charge is -1.99. The Morgan fingerprint density at radius 1 is 1.67 bits per heavy atom. The van der Waals surface area contributed by atoms with Gasteiger partial charge in [-0.15, -0.1) is 0 Å². The van der Waals surface area contributed by atoms with E-state index in [0.717, 1.165) is 0 Å². The molecule has 12 heavy (non-hydrogen) atoms. The van der Waals surface area contributed by atoms with Crippen LogP contribution in [0.25, 0.3) is 0 Å². The SMILES string of the molecule is NC(=NO)c1cnc(N)c(Cl)c1. The molecule has 1 aromatic heterocycles. The molecule has 0 bridgehead atoms. The Bertz CT molecular complexity index is 325. The number of anilines is 1. The normalized spacial score (nSPS) is 11.6. The number of amidine groups is 1. The van der Waals surface area contributed by atoms with Crippen molar-refractivity contribution in [3.05, 3.63) is 22.8 Å². The van der Waals surface area contributed by atoms with Gasteiger partial charge in [-0.25, -0.2) is 4.98 Å².